The van der Waals surface area contributed by atoms with Gasteiger partial charge in [-0.3, -0.25) is 4.79 Å². The van der Waals surface area contributed by atoms with Crippen molar-refractivity contribution in [3.8, 4) is 10.4 Å². The molecule has 3 aromatic rings. The highest BCUT2D eigenvalue weighted by Crippen LogP contribution is 2.45. The number of carbonyl (C=O) groups excluding carboxylic acids is 1. The third kappa shape index (κ3) is 6.65. The quantitative estimate of drug-likeness (QED) is 0.178. The molecule has 32 heavy (non-hydrogen) atoms. The molecular formula is C26H34N3OPS. The second-order valence-corrected chi connectivity index (χ2v) is 13.0. The summed E-state index contributed by atoms with van der Waals surface area (Å²) in [5, 5.41) is 8.55. The van der Waals surface area contributed by atoms with Gasteiger partial charge in [0, 0.05) is 17.0 Å². The van der Waals surface area contributed by atoms with Crippen molar-refractivity contribution >= 4 is 36.5 Å². The zero-order valence-corrected chi connectivity index (χ0v) is 21.1. The lowest BCUT2D eigenvalue weighted by atomic mass is 10.1. The van der Waals surface area contributed by atoms with Gasteiger partial charge in [-0.25, -0.2) is 0 Å². The van der Waals surface area contributed by atoms with Crippen LogP contribution in [-0.2, 0) is 6.54 Å². The van der Waals surface area contributed by atoms with Crippen LogP contribution in [0.25, 0.3) is 10.4 Å². The molecule has 0 saturated carbocycles. The van der Waals surface area contributed by atoms with E-state index in [2.05, 4.69) is 44.4 Å². The average Bonchev–Trinajstić information content (AvgIpc) is 3.30. The van der Waals surface area contributed by atoms with Crippen LogP contribution >= 0.6 is 19.3 Å². The molecule has 6 heteroatoms. The molecule has 0 bridgehead atoms. The molecule has 0 aliphatic carbocycles. The van der Waals surface area contributed by atoms with Gasteiger partial charge >= 0.3 is 0 Å². The predicted molar refractivity (Wildman–Crippen MR) is 142 cm³/mol. The third-order valence-electron chi connectivity index (χ3n) is 5.53. The Balaban J connectivity index is 1.55. The maximum Gasteiger partial charge on any atom is 0.255 e. The molecular weight excluding hydrogens is 433 g/mol. The van der Waals surface area contributed by atoms with Crippen molar-refractivity contribution in [3.05, 3.63) is 71.1 Å². The van der Waals surface area contributed by atoms with Crippen LogP contribution in [0.2, 0.25) is 0 Å². The number of amides is 1. The Morgan fingerprint density at radius 3 is 2.38 bits per heavy atom. The number of benzene rings is 2. The topological polar surface area (TPSA) is 67.2 Å². The molecule has 0 fully saturated rings. The number of carbonyl (C=O) groups is 1. The molecule has 0 saturated heterocycles. The highest BCUT2D eigenvalue weighted by atomic mass is 32.1. The fourth-order valence-corrected chi connectivity index (χ4v) is 7.15. The van der Waals surface area contributed by atoms with E-state index in [9.17, 15) is 4.79 Å². The van der Waals surface area contributed by atoms with Crippen LogP contribution in [0.1, 0.15) is 43.6 Å². The summed E-state index contributed by atoms with van der Waals surface area (Å²) in [6.07, 6.45) is 1.25. The highest BCUT2D eigenvalue weighted by molar-refractivity contribution is 7.59. The number of nitrogens with one attached hydrogen (secondary N) is 2. The van der Waals surface area contributed by atoms with Crippen LogP contribution in [0.3, 0.4) is 0 Å². The van der Waals surface area contributed by atoms with Crippen LogP contribution in [0, 0.1) is 0 Å². The standard InChI is InChI=1S/C26H34N3OPS/c1-18(2)31(19(3)4)14-13-28-17-20-7-9-21(10-8-20)26(30)29-24-16-22(11-12-23(24)27)25-6-5-15-32-25/h5-12,15-16,18-19,28H,13-14,17,27H2,1-4H3,(H,29,30). The van der Waals surface area contributed by atoms with E-state index in [1.165, 1.54) is 11.7 Å². The predicted octanol–water partition coefficient (Wildman–Crippen LogP) is 6.64. The lowest BCUT2D eigenvalue weighted by molar-refractivity contribution is 0.102. The second kappa shape index (κ2) is 11.6. The molecule has 1 amide bonds. The van der Waals surface area contributed by atoms with Gasteiger partial charge in [-0.1, -0.05) is 52.0 Å². The fourth-order valence-electron chi connectivity index (χ4n) is 3.78. The van der Waals surface area contributed by atoms with Crippen LogP contribution in [0.15, 0.2) is 60.0 Å². The van der Waals surface area contributed by atoms with E-state index in [1.54, 1.807) is 11.3 Å². The lowest BCUT2D eigenvalue weighted by Gasteiger charge is -2.25. The minimum absolute atomic E-state index is 0.0603. The van der Waals surface area contributed by atoms with Crippen LogP contribution < -0.4 is 16.4 Å². The maximum atomic E-state index is 12.8. The van der Waals surface area contributed by atoms with Gasteiger partial charge in [-0.15, -0.1) is 19.3 Å². The summed E-state index contributed by atoms with van der Waals surface area (Å²) < 4.78 is 0. The number of anilines is 2. The first-order chi connectivity index (χ1) is 15.3. The van der Waals surface area contributed by atoms with Crippen molar-refractivity contribution in [1.29, 1.82) is 0 Å². The van der Waals surface area contributed by atoms with Gasteiger partial charge in [0.2, 0.25) is 0 Å². The zero-order chi connectivity index (χ0) is 23.1. The van der Waals surface area contributed by atoms with Crippen molar-refractivity contribution in [1.82, 2.24) is 5.32 Å². The molecule has 3 rings (SSSR count). The van der Waals surface area contributed by atoms with E-state index in [0.717, 1.165) is 34.8 Å². The van der Waals surface area contributed by atoms with Gasteiger partial charge in [-0.2, -0.15) is 0 Å². The van der Waals surface area contributed by atoms with Crippen LogP contribution in [0.4, 0.5) is 11.4 Å². The molecule has 0 unspecified atom stereocenters. The number of thiophene rings is 1. The second-order valence-electron chi connectivity index (χ2n) is 8.53. The first-order valence-corrected chi connectivity index (χ1v) is 13.7. The molecule has 0 aliphatic rings. The van der Waals surface area contributed by atoms with E-state index in [-0.39, 0.29) is 13.8 Å². The zero-order valence-electron chi connectivity index (χ0n) is 19.4. The number of hydrogen-bond acceptors (Lipinski definition) is 4. The molecule has 2 aromatic carbocycles. The number of hydrogen-bond donors (Lipinski definition) is 3. The van der Waals surface area contributed by atoms with Gasteiger partial charge in [0.1, 0.15) is 0 Å². The largest absolute Gasteiger partial charge is 0.397 e. The number of nitrogens with two attached hydrogens (primary N) is 1. The van der Waals surface area contributed by atoms with Crippen molar-refractivity contribution in [2.75, 3.05) is 23.8 Å². The van der Waals surface area contributed by atoms with Gasteiger partial charge in [0.15, 0.2) is 0 Å². The summed E-state index contributed by atoms with van der Waals surface area (Å²) >= 11 is 1.66. The summed E-state index contributed by atoms with van der Waals surface area (Å²) in [5.41, 5.74) is 11.7. The molecule has 0 spiro atoms. The maximum absolute atomic E-state index is 12.8. The lowest BCUT2D eigenvalue weighted by Crippen LogP contribution is -2.20. The van der Waals surface area contributed by atoms with Crippen molar-refractivity contribution in [3.63, 3.8) is 0 Å². The minimum atomic E-state index is -0.154. The fraction of sp³-hybridized carbons (Fsp3) is 0.346. The van der Waals surface area contributed by atoms with E-state index in [0.29, 0.717) is 16.9 Å². The Bertz CT molecular complexity index is 992. The van der Waals surface area contributed by atoms with E-state index in [1.807, 2.05) is 53.9 Å². The molecule has 0 radical (unpaired) electrons. The van der Waals surface area contributed by atoms with Crippen LogP contribution in [0.5, 0.6) is 0 Å². The summed E-state index contributed by atoms with van der Waals surface area (Å²) in [4.78, 5) is 13.9. The van der Waals surface area contributed by atoms with Crippen LogP contribution in [-0.4, -0.2) is 29.9 Å². The van der Waals surface area contributed by atoms with Gasteiger partial charge in [-0.05, 0) is 70.9 Å². The van der Waals surface area contributed by atoms with Crippen molar-refractivity contribution in [2.24, 2.45) is 0 Å². The van der Waals surface area contributed by atoms with E-state index in [4.69, 9.17) is 5.73 Å². The Morgan fingerprint density at radius 1 is 1.03 bits per heavy atom. The molecule has 1 aromatic heterocycles. The van der Waals surface area contributed by atoms with E-state index >= 15 is 0 Å². The van der Waals surface area contributed by atoms with Gasteiger partial charge in [0.05, 0.1) is 11.4 Å². The smallest absolute Gasteiger partial charge is 0.255 e. The average molecular weight is 468 g/mol. The summed E-state index contributed by atoms with van der Waals surface area (Å²) in [7, 11) is 0.0603. The van der Waals surface area contributed by atoms with Crippen molar-refractivity contribution in [2.45, 2.75) is 45.6 Å². The monoisotopic (exact) mass is 467 g/mol. The van der Waals surface area contributed by atoms with Crippen molar-refractivity contribution < 1.29 is 4.79 Å². The summed E-state index contributed by atoms with van der Waals surface area (Å²) in [6.45, 7) is 11.2. The van der Waals surface area contributed by atoms with Gasteiger partial charge < -0.3 is 16.4 Å². The normalized spacial score (nSPS) is 11.5. The SMILES string of the molecule is CC(C)P(CCNCc1ccc(C(=O)Nc2cc(-c3cccs3)ccc2N)cc1)C(C)C. The first kappa shape index (κ1) is 24.4. The van der Waals surface area contributed by atoms with Gasteiger partial charge in [0.25, 0.3) is 5.91 Å². The third-order valence-corrected chi connectivity index (χ3v) is 9.84. The summed E-state index contributed by atoms with van der Waals surface area (Å²) in [5.74, 6) is -0.154. The summed E-state index contributed by atoms with van der Waals surface area (Å²) in [6, 6.07) is 17.6. The minimum Gasteiger partial charge on any atom is -0.397 e. The Hall–Kier alpha value is -2.20. The molecule has 170 valence electrons. The first-order valence-electron chi connectivity index (χ1n) is 11.2. The number of nitrogen functional groups attached to an aromatic ring is 1. The Kier molecular flexibility index (Phi) is 8.86. The molecule has 1 heterocycles. The molecule has 4 N–H and O–H groups in total. The Labute approximate surface area is 197 Å². The molecule has 0 aliphatic heterocycles. The number of rotatable bonds is 10. The van der Waals surface area contributed by atoms with E-state index < -0.39 is 0 Å². The highest BCUT2D eigenvalue weighted by Gasteiger charge is 2.15. The molecule has 4 nitrogen and oxygen atoms in total. The Morgan fingerprint density at radius 2 is 1.75 bits per heavy atom. The molecule has 0 atom stereocenters.